The number of aliphatic hydroxyl groups is 1. The number of fused-ring (bicyclic) bond motifs is 3. The van der Waals surface area contributed by atoms with Crippen LogP contribution in [0.4, 0.5) is 0 Å². The number of rotatable bonds is 4. The molecular weight excluding hydrogens is 355 g/mol. The van der Waals surface area contributed by atoms with Crippen LogP contribution < -0.4 is 0 Å². The molecule has 0 saturated carbocycles. The van der Waals surface area contributed by atoms with Crippen molar-refractivity contribution in [2.45, 2.75) is 31.9 Å². The van der Waals surface area contributed by atoms with Gasteiger partial charge in [0.2, 0.25) is 0 Å². The SMILES string of the molecule is O[C@@H](CN1CCCCC1)Cn1c2ccc(Cl)cc2c2cc(Cl)ccc21. The van der Waals surface area contributed by atoms with Crippen LogP contribution in [0.25, 0.3) is 21.8 Å². The van der Waals surface area contributed by atoms with Gasteiger partial charge in [-0.15, -0.1) is 0 Å². The molecule has 0 bridgehead atoms. The minimum atomic E-state index is -0.400. The predicted octanol–water partition coefficient (Wildman–Crippen LogP) is 4.95. The van der Waals surface area contributed by atoms with E-state index in [9.17, 15) is 5.11 Å². The van der Waals surface area contributed by atoms with Crippen molar-refractivity contribution in [3.63, 3.8) is 0 Å². The van der Waals surface area contributed by atoms with Gasteiger partial charge in [-0.25, -0.2) is 0 Å². The molecule has 132 valence electrons. The van der Waals surface area contributed by atoms with Crippen molar-refractivity contribution in [1.82, 2.24) is 9.47 Å². The number of aliphatic hydroxyl groups excluding tert-OH is 1. The van der Waals surface area contributed by atoms with Crippen molar-refractivity contribution in [3.05, 3.63) is 46.4 Å². The fourth-order valence-electron chi connectivity index (χ4n) is 3.95. The number of halogens is 2. The molecule has 25 heavy (non-hydrogen) atoms. The van der Waals surface area contributed by atoms with Gasteiger partial charge in [-0.1, -0.05) is 29.6 Å². The molecule has 2 heterocycles. The standard InChI is InChI=1S/C20H22Cl2N2O/c21-14-4-6-19-17(10-14)18-11-15(22)5-7-20(18)24(19)13-16(25)12-23-8-2-1-3-9-23/h4-7,10-11,16,25H,1-3,8-9,12-13H2/t16-/m0/s1. The number of piperidine rings is 1. The Morgan fingerprint density at radius 2 is 1.40 bits per heavy atom. The third kappa shape index (κ3) is 3.52. The summed E-state index contributed by atoms with van der Waals surface area (Å²) >= 11 is 12.4. The molecule has 0 spiro atoms. The fourth-order valence-corrected chi connectivity index (χ4v) is 4.30. The third-order valence-corrected chi connectivity index (χ3v) is 5.57. The van der Waals surface area contributed by atoms with Gasteiger partial charge in [-0.05, 0) is 62.3 Å². The number of aromatic nitrogens is 1. The molecule has 3 aromatic rings. The third-order valence-electron chi connectivity index (χ3n) is 5.10. The van der Waals surface area contributed by atoms with Crippen molar-refractivity contribution in [1.29, 1.82) is 0 Å². The minimum Gasteiger partial charge on any atom is -0.390 e. The van der Waals surface area contributed by atoms with Crippen molar-refractivity contribution in [2.24, 2.45) is 0 Å². The Kier molecular flexibility index (Phi) is 4.92. The Morgan fingerprint density at radius 1 is 0.840 bits per heavy atom. The Hall–Kier alpha value is -1.26. The molecule has 1 aliphatic rings. The molecule has 1 fully saturated rings. The Morgan fingerprint density at radius 3 is 1.96 bits per heavy atom. The fraction of sp³-hybridized carbons (Fsp3) is 0.400. The summed E-state index contributed by atoms with van der Waals surface area (Å²) < 4.78 is 2.19. The van der Waals surface area contributed by atoms with Gasteiger partial charge in [0.1, 0.15) is 0 Å². The number of nitrogens with zero attached hydrogens (tertiary/aromatic N) is 2. The van der Waals surface area contributed by atoms with Gasteiger partial charge in [-0.2, -0.15) is 0 Å². The van der Waals surface area contributed by atoms with E-state index in [1.165, 1.54) is 19.3 Å². The molecule has 0 unspecified atom stereocenters. The highest BCUT2D eigenvalue weighted by atomic mass is 35.5. The zero-order valence-corrected chi connectivity index (χ0v) is 15.6. The second-order valence-corrected chi connectivity index (χ2v) is 7.82. The van der Waals surface area contributed by atoms with Crippen LogP contribution in [0, 0.1) is 0 Å². The van der Waals surface area contributed by atoms with Crippen LogP contribution in [0.5, 0.6) is 0 Å². The molecule has 5 heteroatoms. The van der Waals surface area contributed by atoms with Crippen molar-refractivity contribution in [3.8, 4) is 0 Å². The van der Waals surface area contributed by atoms with Gasteiger partial charge < -0.3 is 14.6 Å². The second-order valence-electron chi connectivity index (χ2n) is 6.95. The monoisotopic (exact) mass is 376 g/mol. The topological polar surface area (TPSA) is 28.4 Å². The predicted molar refractivity (Wildman–Crippen MR) is 106 cm³/mol. The summed E-state index contributed by atoms with van der Waals surface area (Å²) in [7, 11) is 0. The summed E-state index contributed by atoms with van der Waals surface area (Å²) in [5.74, 6) is 0. The van der Waals surface area contributed by atoms with E-state index >= 15 is 0 Å². The molecular formula is C20H22Cl2N2O. The van der Waals surface area contributed by atoms with Gasteiger partial charge in [0.15, 0.2) is 0 Å². The van der Waals surface area contributed by atoms with Crippen LogP contribution in [0.1, 0.15) is 19.3 Å². The number of β-amino-alcohol motifs (C(OH)–C–C–N with tert-alkyl or cyclic N) is 1. The molecule has 1 N–H and O–H groups in total. The normalized spacial score (nSPS) is 17.4. The van der Waals surface area contributed by atoms with E-state index in [2.05, 4.69) is 9.47 Å². The number of hydrogen-bond acceptors (Lipinski definition) is 2. The summed E-state index contributed by atoms with van der Waals surface area (Å²) in [6.07, 6.45) is 3.38. The van der Waals surface area contributed by atoms with E-state index in [1.807, 2.05) is 36.4 Å². The quantitative estimate of drug-likeness (QED) is 0.697. The Balaban J connectivity index is 1.69. The average Bonchev–Trinajstić information content (AvgIpc) is 2.88. The first-order valence-corrected chi connectivity index (χ1v) is 9.65. The van der Waals surface area contributed by atoms with E-state index in [0.29, 0.717) is 16.6 Å². The highest BCUT2D eigenvalue weighted by Gasteiger charge is 2.18. The number of likely N-dealkylation sites (tertiary alicyclic amines) is 1. The van der Waals surface area contributed by atoms with Gasteiger partial charge in [0.25, 0.3) is 0 Å². The smallest absolute Gasteiger partial charge is 0.0845 e. The summed E-state index contributed by atoms with van der Waals surface area (Å²) in [6.45, 7) is 3.48. The first-order chi connectivity index (χ1) is 12.1. The van der Waals surface area contributed by atoms with Gasteiger partial charge in [-0.3, -0.25) is 0 Å². The lowest BCUT2D eigenvalue weighted by Gasteiger charge is -2.28. The molecule has 2 aromatic carbocycles. The summed E-state index contributed by atoms with van der Waals surface area (Å²) in [4.78, 5) is 2.37. The maximum Gasteiger partial charge on any atom is 0.0845 e. The summed E-state index contributed by atoms with van der Waals surface area (Å²) in [5, 5.41) is 14.3. The first-order valence-electron chi connectivity index (χ1n) is 8.89. The molecule has 0 aliphatic carbocycles. The Labute approximate surface area is 157 Å². The maximum absolute atomic E-state index is 10.7. The van der Waals surface area contributed by atoms with Gasteiger partial charge in [0.05, 0.1) is 12.6 Å². The van der Waals surface area contributed by atoms with Crippen LogP contribution in [0.3, 0.4) is 0 Å². The van der Waals surface area contributed by atoms with Crippen molar-refractivity contribution >= 4 is 45.0 Å². The van der Waals surface area contributed by atoms with E-state index in [4.69, 9.17) is 23.2 Å². The van der Waals surface area contributed by atoms with E-state index < -0.39 is 6.10 Å². The van der Waals surface area contributed by atoms with E-state index in [-0.39, 0.29) is 0 Å². The van der Waals surface area contributed by atoms with Gasteiger partial charge >= 0.3 is 0 Å². The van der Waals surface area contributed by atoms with Crippen LogP contribution >= 0.6 is 23.2 Å². The lowest BCUT2D eigenvalue weighted by Crippen LogP contribution is -2.38. The number of hydrogen-bond donors (Lipinski definition) is 1. The van der Waals surface area contributed by atoms with E-state index in [1.54, 1.807) is 0 Å². The van der Waals surface area contributed by atoms with Crippen LogP contribution in [0.15, 0.2) is 36.4 Å². The highest BCUT2D eigenvalue weighted by molar-refractivity contribution is 6.33. The molecule has 1 aliphatic heterocycles. The van der Waals surface area contributed by atoms with Crippen molar-refractivity contribution < 1.29 is 5.11 Å². The molecule has 1 aromatic heterocycles. The molecule has 0 amide bonds. The molecule has 4 rings (SSSR count). The molecule has 0 radical (unpaired) electrons. The maximum atomic E-state index is 10.7. The number of benzene rings is 2. The minimum absolute atomic E-state index is 0.400. The lowest BCUT2D eigenvalue weighted by atomic mass is 10.1. The zero-order chi connectivity index (χ0) is 17.4. The lowest BCUT2D eigenvalue weighted by molar-refractivity contribution is 0.0901. The van der Waals surface area contributed by atoms with E-state index in [0.717, 1.165) is 41.4 Å². The van der Waals surface area contributed by atoms with Crippen molar-refractivity contribution in [2.75, 3.05) is 19.6 Å². The molecule has 1 atom stereocenters. The summed E-state index contributed by atoms with van der Waals surface area (Å²) in [5.41, 5.74) is 2.17. The average molecular weight is 377 g/mol. The highest BCUT2D eigenvalue weighted by Crippen LogP contribution is 2.33. The molecule has 1 saturated heterocycles. The van der Waals surface area contributed by atoms with Gasteiger partial charge in [0, 0.05) is 38.4 Å². The van der Waals surface area contributed by atoms with Crippen LogP contribution in [-0.4, -0.2) is 40.3 Å². The second kappa shape index (κ2) is 7.16. The zero-order valence-electron chi connectivity index (χ0n) is 14.1. The largest absolute Gasteiger partial charge is 0.390 e. The summed E-state index contributed by atoms with van der Waals surface area (Å²) in [6, 6.07) is 11.8. The van der Waals surface area contributed by atoms with Crippen LogP contribution in [-0.2, 0) is 6.54 Å². The van der Waals surface area contributed by atoms with Crippen LogP contribution in [0.2, 0.25) is 10.0 Å². The first kappa shape index (κ1) is 17.2. The molecule has 3 nitrogen and oxygen atoms in total. The Bertz CT molecular complexity index is 840.